The minimum absolute atomic E-state index is 0.112. The van der Waals surface area contributed by atoms with Crippen LogP contribution in [-0.4, -0.2) is 54.7 Å². The molecule has 0 aliphatic carbocycles. The van der Waals surface area contributed by atoms with Crippen LogP contribution in [0, 0.1) is 10.8 Å². The maximum Gasteiger partial charge on any atom is 0.277 e. The van der Waals surface area contributed by atoms with Crippen molar-refractivity contribution in [3.8, 4) is 0 Å². The van der Waals surface area contributed by atoms with Gasteiger partial charge in [-0.3, -0.25) is 20.4 Å². The van der Waals surface area contributed by atoms with Gasteiger partial charge in [0.05, 0.1) is 10.1 Å². The molecule has 0 heterocycles. The van der Waals surface area contributed by atoms with Crippen LogP contribution in [0.1, 0.15) is 36.8 Å². The Balaban J connectivity index is 1.66. The smallest absolute Gasteiger partial charge is 0.277 e. The molecule has 12 heteroatoms. The van der Waals surface area contributed by atoms with E-state index >= 15 is 0 Å². The fourth-order valence-corrected chi connectivity index (χ4v) is 4.46. The summed E-state index contributed by atoms with van der Waals surface area (Å²) in [6.07, 6.45) is -0.474. The molecule has 0 radical (unpaired) electrons. The summed E-state index contributed by atoms with van der Waals surface area (Å²) >= 11 is 1.70. The summed E-state index contributed by atoms with van der Waals surface area (Å²) in [4.78, 5) is 31.5. The second kappa shape index (κ2) is 16.5. The molecule has 0 aromatic heterocycles. The Hall–Kier alpha value is -3.32. The van der Waals surface area contributed by atoms with Crippen LogP contribution in [0.3, 0.4) is 0 Å². The normalized spacial score (nSPS) is 13.5. The van der Waals surface area contributed by atoms with Gasteiger partial charge < -0.3 is 21.7 Å². The van der Waals surface area contributed by atoms with Crippen molar-refractivity contribution in [2.75, 3.05) is 0 Å². The topological polar surface area (TPSA) is 199 Å². The third-order valence-electron chi connectivity index (χ3n) is 5.07. The fourth-order valence-electron chi connectivity index (χ4n) is 3.19. The van der Waals surface area contributed by atoms with Crippen LogP contribution in [-0.2, 0) is 22.4 Å². The number of aliphatic imine (C=N–C) groups is 2. The number of hydrogen-bond donors (Lipinski definition) is 6. The number of nitrogens with two attached hydrogens (primary N) is 2. The molecule has 2 aromatic rings. The van der Waals surface area contributed by atoms with E-state index in [4.69, 9.17) is 22.3 Å². The van der Waals surface area contributed by atoms with Crippen LogP contribution < -0.4 is 11.5 Å². The molecule has 0 aliphatic heterocycles. The SMILES string of the molecule is N=C(CCCCC(=N)SC(N)=NC(=O)C(O)Cc1ccccc1)SC(N)=NC(=O)C(O)Cc1ccccc1. The van der Waals surface area contributed by atoms with Gasteiger partial charge in [-0.1, -0.05) is 60.7 Å². The predicted molar refractivity (Wildman–Crippen MR) is 155 cm³/mol. The summed E-state index contributed by atoms with van der Waals surface area (Å²) in [5.74, 6) is -1.52. The van der Waals surface area contributed by atoms with E-state index in [-0.39, 0.29) is 33.3 Å². The zero-order valence-electron chi connectivity index (χ0n) is 20.7. The zero-order valence-corrected chi connectivity index (χ0v) is 22.4. The number of carbonyl (C=O) groups is 2. The third-order valence-corrected chi connectivity index (χ3v) is 6.57. The second-order valence-corrected chi connectivity index (χ2v) is 10.5. The predicted octanol–water partition coefficient (Wildman–Crippen LogP) is 2.86. The van der Waals surface area contributed by atoms with Crippen LogP contribution in [0.4, 0.5) is 0 Å². The van der Waals surface area contributed by atoms with E-state index in [1.807, 2.05) is 36.4 Å². The molecule has 0 saturated heterocycles. The van der Waals surface area contributed by atoms with E-state index in [9.17, 15) is 19.8 Å². The Kier molecular flexibility index (Phi) is 13.4. The number of benzene rings is 2. The number of nitrogens with zero attached hydrogens (tertiary/aromatic N) is 2. The first-order valence-corrected chi connectivity index (χ1v) is 13.5. The summed E-state index contributed by atoms with van der Waals surface area (Å²) in [7, 11) is 0. The van der Waals surface area contributed by atoms with Crippen molar-refractivity contribution in [2.24, 2.45) is 21.5 Å². The molecule has 8 N–H and O–H groups in total. The minimum atomic E-state index is -1.31. The molecule has 0 fully saturated rings. The fraction of sp³-hybridized carbons (Fsp3) is 0.308. The standard InChI is InChI=1S/C26H32N6O4S2/c27-21(37-25(29)31-23(35)19(33)15-17-9-3-1-4-10-17)13-7-8-14-22(28)38-26(30)32-24(36)20(34)16-18-11-5-2-6-12-18/h1-6,9-12,19-20,27-28,33-34H,7-8,13-16H2,(H2,29,31,35)(H2,30,32,36). The molecular weight excluding hydrogens is 524 g/mol. The van der Waals surface area contributed by atoms with Gasteiger partial charge in [0.25, 0.3) is 11.8 Å². The third kappa shape index (κ3) is 12.3. The first-order valence-electron chi connectivity index (χ1n) is 11.8. The highest BCUT2D eigenvalue weighted by atomic mass is 32.2. The van der Waals surface area contributed by atoms with Crippen molar-refractivity contribution in [1.82, 2.24) is 0 Å². The number of amidine groups is 2. The number of aliphatic hydroxyl groups excluding tert-OH is 2. The molecule has 2 unspecified atom stereocenters. The average Bonchev–Trinajstić information content (AvgIpc) is 2.87. The summed E-state index contributed by atoms with van der Waals surface area (Å²) in [5, 5.41) is 36.3. The number of nitrogens with one attached hydrogen (secondary N) is 2. The lowest BCUT2D eigenvalue weighted by molar-refractivity contribution is -0.126. The van der Waals surface area contributed by atoms with Crippen LogP contribution in [0.5, 0.6) is 0 Å². The molecule has 0 spiro atoms. The van der Waals surface area contributed by atoms with Gasteiger partial charge in [-0.25, -0.2) is 0 Å². The Morgan fingerprint density at radius 3 is 1.39 bits per heavy atom. The van der Waals surface area contributed by atoms with Crippen molar-refractivity contribution in [2.45, 2.75) is 50.7 Å². The highest BCUT2D eigenvalue weighted by Gasteiger charge is 2.17. The lowest BCUT2D eigenvalue weighted by Gasteiger charge is -2.08. The van der Waals surface area contributed by atoms with Gasteiger partial charge in [-0.15, -0.1) is 0 Å². The van der Waals surface area contributed by atoms with Crippen LogP contribution in [0.25, 0.3) is 0 Å². The van der Waals surface area contributed by atoms with E-state index in [1.165, 1.54) is 0 Å². The number of amides is 2. The Bertz CT molecular complexity index is 1070. The number of hydrogen-bond acceptors (Lipinski definition) is 8. The highest BCUT2D eigenvalue weighted by molar-refractivity contribution is 8.26. The first-order chi connectivity index (χ1) is 18.1. The molecule has 2 aromatic carbocycles. The lowest BCUT2D eigenvalue weighted by Crippen LogP contribution is -2.24. The van der Waals surface area contributed by atoms with Crippen molar-refractivity contribution in [3.63, 3.8) is 0 Å². The molecule has 202 valence electrons. The number of aliphatic hydroxyl groups is 2. The molecule has 2 amide bonds. The highest BCUT2D eigenvalue weighted by Crippen LogP contribution is 2.15. The summed E-state index contributed by atoms with van der Waals surface area (Å²) < 4.78 is 0. The van der Waals surface area contributed by atoms with E-state index < -0.39 is 24.0 Å². The molecule has 2 rings (SSSR count). The van der Waals surface area contributed by atoms with Gasteiger partial charge in [0.15, 0.2) is 10.3 Å². The van der Waals surface area contributed by atoms with Crippen LogP contribution >= 0.6 is 23.5 Å². The Labute approximate surface area is 230 Å². The molecule has 10 nitrogen and oxygen atoms in total. The van der Waals surface area contributed by atoms with Crippen molar-refractivity contribution in [3.05, 3.63) is 71.8 Å². The van der Waals surface area contributed by atoms with Crippen molar-refractivity contribution >= 4 is 55.8 Å². The molecule has 38 heavy (non-hydrogen) atoms. The quantitative estimate of drug-likeness (QED) is 0.138. The maximum absolute atomic E-state index is 12.1. The maximum atomic E-state index is 12.1. The number of unbranched alkanes of at least 4 members (excludes halogenated alkanes) is 1. The molecule has 0 saturated carbocycles. The molecule has 0 bridgehead atoms. The Morgan fingerprint density at radius 2 is 1.05 bits per heavy atom. The summed E-state index contributed by atoms with van der Waals surface area (Å²) in [6.45, 7) is 0. The monoisotopic (exact) mass is 556 g/mol. The minimum Gasteiger partial charge on any atom is -0.383 e. The lowest BCUT2D eigenvalue weighted by atomic mass is 10.1. The van der Waals surface area contributed by atoms with Gasteiger partial charge in [0.2, 0.25) is 0 Å². The second-order valence-electron chi connectivity index (χ2n) is 8.25. The van der Waals surface area contributed by atoms with Crippen molar-refractivity contribution < 1.29 is 19.8 Å². The number of carbonyl (C=O) groups excluding carboxylic acids is 2. The zero-order chi connectivity index (χ0) is 27.9. The molecular formula is C26H32N6O4S2. The number of rotatable bonds is 11. The van der Waals surface area contributed by atoms with Crippen LogP contribution in [0.15, 0.2) is 70.6 Å². The van der Waals surface area contributed by atoms with Gasteiger partial charge in [0, 0.05) is 12.8 Å². The first kappa shape index (κ1) is 30.9. The van der Waals surface area contributed by atoms with E-state index in [0.717, 1.165) is 34.7 Å². The van der Waals surface area contributed by atoms with Gasteiger partial charge in [-0.2, -0.15) is 9.98 Å². The van der Waals surface area contributed by atoms with E-state index in [0.29, 0.717) is 25.7 Å². The van der Waals surface area contributed by atoms with Gasteiger partial charge >= 0.3 is 0 Å². The average molecular weight is 557 g/mol. The van der Waals surface area contributed by atoms with Crippen molar-refractivity contribution in [1.29, 1.82) is 10.8 Å². The largest absolute Gasteiger partial charge is 0.383 e. The van der Waals surface area contributed by atoms with Gasteiger partial charge in [-0.05, 0) is 60.3 Å². The molecule has 2 atom stereocenters. The molecule has 0 aliphatic rings. The summed E-state index contributed by atoms with van der Waals surface area (Å²) in [5.41, 5.74) is 13.1. The van der Waals surface area contributed by atoms with Gasteiger partial charge in [0.1, 0.15) is 12.2 Å². The summed E-state index contributed by atoms with van der Waals surface area (Å²) in [6, 6.07) is 18.1. The van der Waals surface area contributed by atoms with E-state index in [1.54, 1.807) is 24.3 Å². The number of thioether (sulfide) groups is 2. The van der Waals surface area contributed by atoms with E-state index in [2.05, 4.69) is 9.98 Å². The Morgan fingerprint density at radius 1 is 0.711 bits per heavy atom. The van der Waals surface area contributed by atoms with Crippen LogP contribution in [0.2, 0.25) is 0 Å².